The summed E-state index contributed by atoms with van der Waals surface area (Å²) in [4.78, 5) is 0.192. The number of benzene rings is 1. The fourth-order valence-electron chi connectivity index (χ4n) is 2.10. The molecule has 0 heterocycles. The lowest BCUT2D eigenvalue weighted by Crippen LogP contribution is -2.33. The molecule has 0 aliphatic carbocycles. The molecule has 0 amide bonds. The van der Waals surface area contributed by atoms with Gasteiger partial charge in [0, 0.05) is 20.7 Å². The molecule has 0 spiro atoms. The molecule has 120 valence electrons. The van der Waals surface area contributed by atoms with Crippen molar-refractivity contribution in [3.05, 3.63) is 21.1 Å². The number of nitrogen functional groups attached to an aromatic ring is 1. The third-order valence-electron chi connectivity index (χ3n) is 3.14. The second kappa shape index (κ2) is 8.50. The zero-order valence-electron chi connectivity index (χ0n) is 12.3. The van der Waals surface area contributed by atoms with E-state index in [1.165, 1.54) is 12.8 Å². The van der Waals surface area contributed by atoms with Gasteiger partial charge in [0.25, 0.3) is 0 Å². The monoisotopic (exact) mass is 440 g/mol. The highest BCUT2D eigenvalue weighted by Gasteiger charge is 2.23. The van der Waals surface area contributed by atoms with Crippen LogP contribution in [0.2, 0.25) is 0 Å². The summed E-state index contributed by atoms with van der Waals surface area (Å²) < 4.78 is 28.6. The van der Waals surface area contributed by atoms with E-state index in [-0.39, 0.29) is 10.9 Å². The summed E-state index contributed by atoms with van der Waals surface area (Å²) in [6.45, 7) is 4.05. The number of nitrogens with two attached hydrogens (primary N) is 1. The molecule has 0 aromatic heterocycles. The number of rotatable bonds is 8. The fraction of sp³-hybridized carbons (Fsp3) is 0.571. The summed E-state index contributed by atoms with van der Waals surface area (Å²) >= 11 is 6.54. The lowest BCUT2D eigenvalue weighted by molar-refractivity contribution is 0.521. The van der Waals surface area contributed by atoms with Gasteiger partial charge in [-0.3, -0.25) is 0 Å². The Morgan fingerprint density at radius 3 is 2.29 bits per heavy atom. The lowest BCUT2D eigenvalue weighted by Gasteiger charge is -2.16. The Balaban J connectivity index is 2.78. The fourth-order valence-corrected chi connectivity index (χ4v) is 5.99. The third-order valence-corrected chi connectivity index (χ3v) is 6.60. The molecule has 0 aliphatic rings. The molecule has 1 atom stereocenters. The van der Waals surface area contributed by atoms with Gasteiger partial charge in [-0.05, 0) is 57.3 Å². The summed E-state index contributed by atoms with van der Waals surface area (Å²) in [5.74, 6) is 0. The van der Waals surface area contributed by atoms with Gasteiger partial charge in [0.05, 0.1) is 0 Å². The Hall–Kier alpha value is -0.110. The van der Waals surface area contributed by atoms with Crippen LogP contribution in [0.1, 0.15) is 46.0 Å². The van der Waals surface area contributed by atoms with E-state index in [0.29, 0.717) is 14.6 Å². The summed E-state index contributed by atoms with van der Waals surface area (Å²) in [6.07, 6.45) is 5.36. The van der Waals surface area contributed by atoms with Crippen LogP contribution in [0.25, 0.3) is 0 Å². The van der Waals surface area contributed by atoms with E-state index >= 15 is 0 Å². The van der Waals surface area contributed by atoms with Crippen LogP contribution in [0.5, 0.6) is 0 Å². The molecule has 0 radical (unpaired) electrons. The zero-order chi connectivity index (χ0) is 16.0. The topological polar surface area (TPSA) is 72.2 Å². The van der Waals surface area contributed by atoms with E-state index in [1.807, 2.05) is 6.92 Å². The largest absolute Gasteiger partial charge is 0.399 e. The average Bonchev–Trinajstić information content (AvgIpc) is 2.32. The number of unbranched alkanes of at least 4 members (excludes halogenated alkanes) is 3. The minimum Gasteiger partial charge on any atom is -0.399 e. The molecule has 0 bridgehead atoms. The van der Waals surface area contributed by atoms with E-state index < -0.39 is 10.0 Å². The molecule has 0 aliphatic heterocycles. The summed E-state index contributed by atoms with van der Waals surface area (Å²) in [6, 6.07) is 3.08. The molecule has 1 unspecified atom stereocenters. The number of halogens is 2. The third kappa shape index (κ3) is 5.88. The number of sulfonamides is 1. The first kappa shape index (κ1) is 18.9. The first-order valence-corrected chi connectivity index (χ1v) is 10.1. The summed E-state index contributed by atoms with van der Waals surface area (Å²) in [7, 11) is -3.58. The molecular weight excluding hydrogens is 420 g/mol. The van der Waals surface area contributed by atoms with Crippen molar-refractivity contribution < 1.29 is 8.42 Å². The highest BCUT2D eigenvalue weighted by molar-refractivity contribution is 9.11. The van der Waals surface area contributed by atoms with E-state index in [2.05, 4.69) is 43.5 Å². The predicted octanol–water partition coefficient (Wildman–Crippen LogP) is 4.43. The molecule has 1 aromatic carbocycles. The average molecular weight is 442 g/mol. The smallest absolute Gasteiger partial charge is 0.243 e. The Kier molecular flexibility index (Phi) is 7.67. The Morgan fingerprint density at radius 2 is 1.76 bits per heavy atom. The predicted molar refractivity (Wildman–Crippen MR) is 94.8 cm³/mol. The van der Waals surface area contributed by atoms with E-state index in [4.69, 9.17) is 5.73 Å². The highest BCUT2D eigenvalue weighted by Crippen LogP contribution is 2.32. The maximum atomic E-state index is 12.5. The van der Waals surface area contributed by atoms with Gasteiger partial charge in [0.15, 0.2) is 0 Å². The summed E-state index contributed by atoms with van der Waals surface area (Å²) in [5.41, 5.74) is 6.19. The van der Waals surface area contributed by atoms with Crippen molar-refractivity contribution >= 4 is 47.6 Å². The molecule has 0 fully saturated rings. The molecule has 7 heteroatoms. The van der Waals surface area contributed by atoms with Crippen LogP contribution in [-0.4, -0.2) is 14.5 Å². The molecule has 1 rings (SSSR count). The quantitative estimate of drug-likeness (QED) is 0.462. The maximum absolute atomic E-state index is 12.5. The molecule has 0 saturated carbocycles. The molecule has 1 aromatic rings. The van der Waals surface area contributed by atoms with Gasteiger partial charge < -0.3 is 5.73 Å². The Labute approximate surface area is 144 Å². The highest BCUT2D eigenvalue weighted by atomic mass is 79.9. The number of hydrogen-bond acceptors (Lipinski definition) is 3. The standard InChI is InChI=1S/C14H22Br2N2O2S/c1-3-4-5-6-7-10(2)18-21(19,20)14-12(15)8-11(17)9-13(14)16/h8-10,18H,3-7,17H2,1-2H3. The van der Waals surface area contributed by atoms with E-state index in [9.17, 15) is 8.42 Å². The molecule has 21 heavy (non-hydrogen) atoms. The second-order valence-electron chi connectivity index (χ2n) is 5.19. The van der Waals surface area contributed by atoms with Gasteiger partial charge >= 0.3 is 0 Å². The number of hydrogen-bond donors (Lipinski definition) is 2. The van der Waals surface area contributed by atoms with Crippen LogP contribution in [0.15, 0.2) is 26.0 Å². The van der Waals surface area contributed by atoms with Crippen molar-refractivity contribution in [3.63, 3.8) is 0 Å². The first-order valence-electron chi connectivity index (χ1n) is 7.04. The van der Waals surface area contributed by atoms with Crippen LogP contribution in [0.4, 0.5) is 5.69 Å². The maximum Gasteiger partial charge on any atom is 0.243 e. The molecule has 3 N–H and O–H groups in total. The number of nitrogens with one attached hydrogen (secondary N) is 1. The van der Waals surface area contributed by atoms with Gasteiger partial charge in [-0.1, -0.05) is 32.6 Å². The van der Waals surface area contributed by atoms with Crippen LogP contribution in [0, 0.1) is 0 Å². The van der Waals surface area contributed by atoms with Crippen molar-refractivity contribution in [1.82, 2.24) is 4.72 Å². The van der Waals surface area contributed by atoms with Crippen molar-refractivity contribution in [2.75, 3.05) is 5.73 Å². The zero-order valence-corrected chi connectivity index (χ0v) is 16.3. The van der Waals surface area contributed by atoms with Crippen LogP contribution in [-0.2, 0) is 10.0 Å². The van der Waals surface area contributed by atoms with Crippen LogP contribution >= 0.6 is 31.9 Å². The lowest BCUT2D eigenvalue weighted by atomic mass is 10.1. The Morgan fingerprint density at radius 1 is 1.19 bits per heavy atom. The van der Waals surface area contributed by atoms with Crippen molar-refractivity contribution in [2.24, 2.45) is 0 Å². The van der Waals surface area contributed by atoms with Gasteiger partial charge in [-0.15, -0.1) is 0 Å². The van der Waals surface area contributed by atoms with Crippen molar-refractivity contribution in [3.8, 4) is 0 Å². The summed E-state index contributed by atoms with van der Waals surface area (Å²) in [5, 5.41) is 0. The van der Waals surface area contributed by atoms with Crippen LogP contribution in [0.3, 0.4) is 0 Å². The van der Waals surface area contributed by atoms with Crippen LogP contribution < -0.4 is 10.5 Å². The van der Waals surface area contributed by atoms with Gasteiger partial charge in [0.2, 0.25) is 10.0 Å². The first-order chi connectivity index (χ1) is 9.77. The second-order valence-corrected chi connectivity index (χ2v) is 8.54. The normalized spacial score (nSPS) is 13.3. The van der Waals surface area contributed by atoms with Gasteiger partial charge in [-0.25, -0.2) is 13.1 Å². The SMILES string of the molecule is CCCCCCC(C)NS(=O)(=O)c1c(Br)cc(N)cc1Br. The molecular formula is C14H22Br2N2O2S. The minimum atomic E-state index is -3.58. The van der Waals surface area contributed by atoms with Crippen molar-refractivity contribution in [2.45, 2.75) is 56.9 Å². The molecule has 0 saturated heterocycles. The van der Waals surface area contributed by atoms with Gasteiger partial charge in [-0.2, -0.15) is 0 Å². The minimum absolute atomic E-state index is 0.0943. The van der Waals surface area contributed by atoms with Crippen molar-refractivity contribution in [1.29, 1.82) is 0 Å². The van der Waals surface area contributed by atoms with E-state index in [1.54, 1.807) is 12.1 Å². The molecule has 4 nitrogen and oxygen atoms in total. The Bertz CT molecular complexity index is 553. The van der Waals surface area contributed by atoms with E-state index in [0.717, 1.165) is 19.3 Å². The number of anilines is 1. The van der Waals surface area contributed by atoms with Gasteiger partial charge in [0.1, 0.15) is 4.90 Å².